The number of hydrogen-bond acceptors (Lipinski definition) is 4. The van der Waals surface area contributed by atoms with Gasteiger partial charge in [0.25, 0.3) is 18.2 Å². The zero-order chi connectivity index (χ0) is 29.6. The lowest BCUT2D eigenvalue weighted by atomic mass is 9.95. The summed E-state index contributed by atoms with van der Waals surface area (Å²) < 4.78 is 31.6. The summed E-state index contributed by atoms with van der Waals surface area (Å²) in [6, 6.07) is 14.2. The molecule has 0 aliphatic rings. The molecule has 0 bridgehead atoms. The number of ether oxygens (including phenoxy) is 1. The van der Waals surface area contributed by atoms with Crippen LogP contribution in [-0.4, -0.2) is 30.8 Å². The van der Waals surface area contributed by atoms with E-state index in [-0.39, 0.29) is 40.0 Å². The highest BCUT2D eigenvalue weighted by Crippen LogP contribution is 2.28. The maximum Gasteiger partial charge on any atom is 0.272 e. The predicted octanol–water partition coefficient (Wildman–Crippen LogP) is 7.22. The number of amides is 3. The average molecular weight is 637 g/mol. The van der Waals surface area contributed by atoms with E-state index in [2.05, 4.69) is 31.9 Å². The minimum atomic E-state index is -2.74. The number of alkyl halides is 2. The van der Waals surface area contributed by atoms with Gasteiger partial charge in [0, 0.05) is 27.8 Å². The minimum absolute atomic E-state index is 0.0529. The van der Waals surface area contributed by atoms with E-state index < -0.39 is 30.3 Å². The molecule has 11 heteroatoms. The monoisotopic (exact) mass is 635 g/mol. The van der Waals surface area contributed by atoms with Gasteiger partial charge in [-0.1, -0.05) is 54.4 Å². The van der Waals surface area contributed by atoms with Crippen LogP contribution in [0.5, 0.6) is 5.75 Å². The molecular formula is C29H29BrClF2N3O4. The maximum absolute atomic E-state index is 13.3. The zero-order valence-corrected chi connectivity index (χ0v) is 24.7. The molecule has 0 spiro atoms. The van der Waals surface area contributed by atoms with Crippen molar-refractivity contribution in [3.8, 4) is 5.75 Å². The molecule has 7 nitrogen and oxygen atoms in total. The first-order chi connectivity index (χ1) is 18.8. The van der Waals surface area contributed by atoms with Crippen LogP contribution in [0.25, 0.3) is 0 Å². The van der Waals surface area contributed by atoms with Gasteiger partial charge in [0.05, 0.1) is 16.1 Å². The minimum Gasteiger partial charge on any atom is -0.487 e. The lowest BCUT2D eigenvalue weighted by Crippen LogP contribution is -2.34. The molecular weight excluding hydrogens is 608 g/mol. The van der Waals surface area contributed by atoms with Gasteiger partial charge in [0.15, 0.2) is 0 Å². The summed E-state index contributed by atoms with van der Waals surface area (Å²) in [4.78, 5) is 38.7. The highest BCUT2D eigenvalue weighted by atomic mass is 79.9. The van der Waals surface area contributed by atoms with Gasteiger partial charge < -0.3 is 20.7 Å². The number of rotatable bonds is 9. The fourth-order valence-corrected chi connectivity index (χ4v) is 4.18. The van der Waals surface area contributed by atoms with E-state index in [0.29, 0.717) is 16.8 Å². The summed E-state index contributed by atoms with van der Waals surface area (Å²) in [6.45, 7) is 6.42. The van der Waals surface area contributed by atoms with Crippen molar-refractivity contribution in [2.24, 2.45) is 5.41 Å². The number of benzene rings is 3. The Hall–Kier alpha value is -3.50. The molecule has 3 aromatic carbocycles. The van der Waals surface area contributed by atoms with E-state index in [1.165, 1.54) is 18.2 Å². The number of anilines is 2. The van der Waals surface area contributed by atoms with Gasteiger partial charge in [-0.15, -0.1) is 0 Å². The molecule has 212 valence electrons. The summed E-state index contributed by atoms with van der Waals surface area (Å²) in [7, 11) is 0. The largest absolute Gasteiger partial charge is 0.487 e. The molecule has 3 aromatic rings. The van der Waals surface area contributed by atoms with Gasteiger partial charge in [-0.2, -0.15) is 0 Å². The van der Waals surface area contributed by atoms with Gasteiger partial charge in [-0.3, -0.25) is 14.4 Å². The molecule has 0 aromatic heterocycles. The van der Waals surface area contributed by atoms with Gasteiger partial charge in [0.2, 0.25) is 5.91 Å². The summed E-state index contributed by atoms with van der Waals surface area (Å²) in [5.74, 6) is -1.38. The molecule has 0 radical (unpaired) electrons. The highest BCUT2D eigenvalue weighted by molar-refractivity contribution is 9.10. The van der Waals surface area contributed by atoms with Gasteiger partial charge in [0.1, 0.15) is 12.4 Å². The molecule has 0 fully saturated rings. The molecule has 0 atom stereocenters. The Bertz CT molecular complexity index is 1410. The Balaban J connectivity index is 1.87. The first-order valence-corrected chi connectivity index (χ1v) is 13.4. The lowest BCUT2D eigenvalue weighted by Gasteiger charge is -2.19. The maximum atomic E-state index is 13.3. The second kappa shape index (κ2) is 13.2. The third-order valence-electron chi connectivity index (χ3n) is 5.82. The molecule has 0 aliphatic heterocycles. The second-order valence-corrected chi connectivity index (χ2v) is 11.3. The van der Waals surface area contributed by atoms with Crippen LogP contribution in [-0.2, 0) is 11.3 Å². The van der Waals surface area contributed by atoms with Crippen LogP contribution in [0.15, 0.2) is 59.1 Å². The van der Waals surface area contributed by atoms with Gasteiger partial charge >= 0.3 is 0 Å². The first kappa shape index (κ1) is 31.0. The first-order valence-electron chi connectivity index (χ1n) is 12.3. The average Bonchev–Trinajstić information content (AvgIpc) is 2.88. The van der Waals surface area contributed by atoms with Crippen molar-refractivity contribution >= 4 is 56.6 Å². The van der Waals surface area contributed by atoms with Crippen molar-refractivity contribution in [1.29, 1.82) is 0 Å². The summed E-state index contributed by atoms with van der Waals surface area (Å²) >= 11 is 9.69. The summed E-state index contributed by atoms with van der Waals surface area (Å²) in [6.07, 6.45) is -2.74. The van der Waals surface area contributed by atoms with Gasteiger partial charge in [-0.05, 0) is 66.6 Å². The number of halogens is 4. The number of carbonyl (C=O) groups is 3. The third-order valence-corrected chi connectivity index (χ3v) is 6.67. The molecule has 0 unspecified atom stereocenters. The van der Waals surface area contributed by atoms with E-state index in [4.69, 9.17) is 16.3 Å². The van der Waals surface area contributed by atoms with Crippen LogP contribution >= 0.6 is 27.5 Å². The van der Waals surface area contributed by atoms with Crippen molar-refractivity contribution in [3.05, 3.63) is 86.3 Å². The Labute approximate surface area is 244 Å². The van der Waals surface area contributed by atoms with Crippen LogP contribution in [0.1, 0.15) is 52.6 Å². The van der Waals surface area contributed by atoms with E-state index in [9.17, 15) is 23.2 Å². The van der Waals surface area contributed by atoms with Crippen molar-refractivity contribution < 1.29 is 27.9 Å². The molecule has 0 saturated heterocycles. The fraction of sp³-hybridized carbons (Fsp3) is 0.276. The molecule has 0 heterocycles. The SMILES string of the molecule is Cc1c(CNC(=O)C(C)(C)C)ccc(Cl)c1C(=O)Nc1ccc(OCC(F)F)c(C(=O)Nc2ccc(Br)cc2)c1. The Morgan fingerprint density at radius 3 is 2.20 bits per heavy atom. The summed E-state index contributed by atoms with van der Waals surface area (Å²) in [5.41, 5.74) is 1.54. The number of hydrogen-bond donors (Lipinski definition) is 3. The Morgan fingerprint density at radius 1 is 0.950 bits per heavy atom. The van der Waals surface area contributed by atoms with Crippen LogP contribution in [0.3, 0.4) is 0 Å². The topological polar surface area (TPSA) is 96.5 Å². The van der Waals surface area contributed by atoms with E-state index >= 15 is 0 Å². The molecule has 0 saturated carbocycles. The number of carbonyl (C=O) groups excluding carboxylic acids is 3. The molecule has 3 N–H and O–H groups in total. The number of nitrogens with one attached hydrogen (secondary N) is 3. The third kappa shape index (κ3) is 8.25. The molecule has 3 rings (SSSR count). The van der Waals surface area contributed by atoms with Gasteiger partial charge in [-0.25, -0.2) is 8.78 Å². The lowest BCUT2D eigenvalue weighted by molar-refractivity contribution is -0.128. The van der Waals surface area contributed by atoms with Crippen molar-refractivity contribution in [1.82, 2.24) is 5.32 Å². The summed E-state index contributed by atoms with van der Waals surface area (Å²) in [5, 5.41) is 8.46. The van der Waals surface area contributed by atoms with Crippen molar-refractivity contribution in [2.75, 3.05) is 17.2 Å². The molecule has 40 heavy (non-hydrogen) atoms. The van der Waals surface area contributed by atoms with Crippen molar-refractivity contribution in [3.63, 3.8) is 0 Å². The second-order valence-electron chi connectivity index (χ2n) is 9.97. The van der Waals surface area contributed by atoms with Crippen LogP contribution < -0.4 is 20.7 Å². The van der Waals surface area contributed by atoms with E-state index in [1.54, 1.807) is 64.1 Å². The van der Waals surface area contributed by atoms with Crippen molar-refractivity contribution in [2.45, 2.75) is 40.7 Å². The highest BCUT2D eigenvalue weighted by Gasteiger charge is 2.23. The van der Waals surface area contributed by atoms with E-state index in [1.807, 2.05) is 0 Å². The Morgan fingerprint density at radius 2 is 1.57 bits per heavy atom. The van der Waals surface area contributed by atoms with E-state index in [0.717, 1.165) is 4.47 Å². The van der Waals surface area contributed by atoms with Crippen LogP contribution in [0.4, 0.5) is 20.2 Å². The standard InChI is InChI=1S/C29H29BrClF2N3O4/c1-16-17(14-34-28(39)29(2,3)4)5-11-22(31)25(16)27(38)36-20-10-12-23(40-15-24(32)33)21(13-20)26(37)35-19-8-6-18(30)7-9-19/h5-13,24H,14-15H2,1-4H3,(H,34,39)(H,35,37)(H,36,38). The quantitative estimate of drug-likeness (QED) is 0.231. The van der Waals surface area contributed by atoms with Crippen LogP contribution in [0, 0.1) is 12.3 Å². The smallest absolute Gasteiger partial charge is 0.272 e. The predicted molar refractivity (Wildman–Crippen MR) is 155 cm³/mol. The van der Waals surface area contributed by atoms with Crippen LogP contribution in [0.2, 0.25) is 5.02 Å². The Kier molecular flexibility index (Phi) is 10.3. The molecule has 0 aliphatic carbocycles. The zero-order valence-electron chi connectivity index (χ0n) is 22.3. The molecule has 3 amide bonds. The fourth-order valence-electron chi connectivity index (χ4n) is 3.62. The normalized spacial score (nSPS) is 11.2.